The van der Waals surface area contributed by atoms with Gasteiger partial charge in [0.15, 0.2) is 0 Å². The molecular formula is C20H29Cl2NOZr. The van der Waals surface area contributed by atoms with Crippen molar-refractivity contribution >= 4 is 23.2 Å². The van der Waals surface area contributed by atoms with Crippen LogP contribution < -0.4 is 0 Å². The van der Waals surface area contributed by atoms with Crippen LogP contribution in [-0.2, 0) is 20.8 Å². The first-order chi connectivity index (χ1) is 12.2. The second kappa shape index (κ2) is 11.8. The molecule has 1 N–H and O–H groups in total. The minimum absolute atomic E-state index is 0.465. The van der Waals surface area contributed by atoms with E-state index < -0.39 is 20.8 Å². The fraction of sp³-hybridized carbons (Fsp3) is 0.650. The van der Waals surface area contributed by atoms with E-state index in [1.807, 2.05) is 6.21 Å². The fourth-order valence-electron chi connectivity index (χ4n) is 4.07. The van der Waals surface area contributed by atoms with Crippen molar-refractivity contribution in [2.24, 2.45) is 4.99 Å². The monoisotopic (exact) mass is 459 g/mol. The van der Waals surface area contributed by atoms with Gasteiger partial charge in [-0.1, -0.05) is 44.6 Å². The fourth-order valence-corrected chi connectivity index (χ4v) is 4.07. The van der Waals surface area contributed by atoms with Crippen LogP contribution in [0.25, 0.3) is 0 Å². The minimum atomic E-state index is -0.826. The van der Waals surface area contributed by atoms with Crippen molar-refractivity contribution in [1.29, 1.82) is 0 Å². The van der Waals surface area contributed by atoms with Crippen LogP contribution in [0, 0.1) is 6.92 Å². The maximum absolute atomic E-state index is 10.7. The molecule has 2 fully saturated rings. The molecule has 0 bridgehead atoms. The molecule has 1 aromatic carbocycles. The summed E-state index contributed by atoms with van der Waals surface area (Å²) in [6.07, 6.45) is 14.7. The number of phenolic OH excluding ortho intramolecular Hbond substituents is 1. The average molecular weight is 462 g/mol. The summed E-state index contributed by atoms with van der Waals surface area (Å²) >= 11 is -0.826. The molecule has 2 aliphatic carbocycles. The molecule has 3 rings (SSSR count). The Hall–Kier alpha value is 0.153. The van der Waals surface area contributed by atoms with E-state index in [0.717, 1.165) is 11.1 Å². The standard InChI is InChI=1S/C20H29NO.2ClH.Zr/c1-15-12-17(14-21-18-10-6-3-7-11-18)20(22)19(13-15)16-8-4-2-5-9-16;;;/h12-14,16,18,22H,2-11H2,1H3;2*1H;/q;;;+2/p-2. The van der Waals surface area contributed by atoms with Crippen molar-refractivity contribution in [3.8, 4) is 5.75 Å². The van der Waals surface area contributed by atoms with Gasteiger partial charge in [-0.15, -0.1) is 0 Å². The first-order valence-corrected chi connectivity index (χ1v) is 15.8. The molecule has 25 heavy (non-hydrogen) atoms. The molecule has 1 aromatic rings. The summed E-state index contributed by atoms with van der Waals surface area (Å²) in [6, 6.07) is 4.73. The predicted octanol–water partition coefficient (Wildman–Crippen LogP) is 6.88. The van der Waals surface area contributed by atoms with Gasteiger partial charge in [-0.3, -0.25) is 4.99 Å². The Morgan fingerprint density at radius 2 is 1.56 bits per heavy atom. The van der Waals surface area contributed by atoms with Crippen molar-refractivity contribution in [2.75, 3.05) is 0 Å². The Labute approximate surface area is 171 Å². The van der Waals surface area contributed by atoms with E-state index >= 15 is 0 Å². The van der Waals surface area contributed by atoms with Gasteiger partial charge in [0, 0.05) is 17.8 Å². The molecule has 138 valence electrons. The van der Waals surface area contributed by atoms with Gasteiger partial charge in [-0.2, -0.15) is 0 Å². The molecule has 2 nitrogen and oxygen atoms in total. The zero-order valence-corrected chi connectivity index (χ0v) is 19.1. The second-order valence-corrected chi connectivity index (χ2v) is 11.0. The van der Waals surface area contributed by atoms with Crippen molar-refractivity contribution in [2.45, 2.75) is 83.1 Å². The van der Waals surface area contributed by atoms with Gasteiger partial charge in [0.05, 0.1) is 0 Å². The summed E-state index contributed by atoms with van der Waals surface area (Å²) < 4.78 is 0. The van der Waals surface area contributed by atoms with Crippen LogP contribution in [0.5, 0.6) is 5.75 Å². The van der Waals surface area contributed by atoms with E-state index in [1.54, 1.807) is 0 Å². The Bertz CT molecular complexity index is 553. The van der Waals surface area contributed by atoms with E-state index in [4.69, 9.17) is 22.0 Å². The third kappa shape index (κ3) is 7.00. The van der Waals surface area contributed by atoms with Gasteiger partial charge in [-0.25, -0.2) is 0 Å². The maximum atomic E-state index is 10.7. The summed E-state index contributed by atoms with van der Waals surface area (Å²) in [6.45, 7) is 2.13. The van der Waals surface area contributed by atoms with Crippen molar-refractivity contribution < 1.29 is 26.0 Å². The Kier molecular flexibility index (Phi) is 10.1. The average Bonchev–Trinajstić information content (AvgIpc) is 2.64. The molecule has 0 heterocycles. The van der Waals surface area contributed by atoms with E-state index in [2.05, 4.69) is 19.1 Å². The zero-order valence-electron chi connectivity index (χ0n) is 15.1. The number of halogens is 2. The van der Waals surface area contributed by atoms with Gasteiger partial charge in [0.1, 0.15) is 5.75 Å². The molecule has 0 spiro atoms. The molecule has 0 radical (unpaired) electrons. The number of phenols is 1. The summed E-state index contributed by atoms with van der Waals surface area (Å²) in [5, 5.41) is 10.7. The topological polar surface area (TPSA) is 32.6 Å². The molecule has 0 aliphatic heterocycles. The summed E-state index contributed by atoms with van der Waals surface area (Å²) in [4.78, 5) is 4.76. The van der Waals surface area contributed by atoms with Crippen LogP contribution in [-0.4, -0.2) is 17.4 Å². The molecular weight excluding hydrogens is 432 g/mol. The second-order valence-electron chi connectivity index (χ2n) is 7.27. The third-order valence-electron chi connectivity index (χ3n) is 5.36. The SMILES string of the molecule is Cc1cc(C=NC2CCCCC2)c(O)c(C2CCCCC2)c1.[Cl][Zr][Cl]. The van der Waals surface area contributed by atoms with Gasteiger partial charge < -0.3 is 5.11 Å². The summed E-state index contributed by atoms with van der Waals surface area (Å²) in [7, 11) is 9.87. The Morgan fingerprint density at radius 1 is 1.00 bits per heavy atom. The van der Waals surface area contributed by atoms with Crippen molar-refractivity contribution in [1.82, 2.24) is 0 Å². The van der Waals surface area contributed by atoms with E-state index in [1.165, 1.54) is 69.8 Å². The molecule has 0 aromatic heterocycles. The van der Waals surface area contributed by atoms with E-state index in [-0.39, 0.29) is 0 Å². The van der Waals surface area contributed by atoms with E-state index in [9.17, 15) is 5.11 Å². The zero-order chi connectivity index (χ0) is 18.1. The number of aryl methyl sites for hydroxylation is 1. The Balaban J connectivity index is 0.000000701. The predicted molar refractivity (Wildman–Crippen MR) is 105 cm³/mol. The van der Waals surface area contributed by atoms with E-state index in [0.29, 0.717) is 17.7 Å². The third-order valence-corrected chi connectivity index (χ3v) is 5.36. The molecule has 2 aliphatic rings. The first kappa shape index (κ1) is 21.5. The van der Waals surface area contributed by atoms with Crippen molar-refractivity contribution in [3.63, 3.8) is 0 Å². The number of benzene rings is 1. The number of hydrogen-bond acceptors (Lipinski definition) is 2. The number of nitrogens with zero attached hydrogens (tertiary/aromatic N) is 1. The van der Waals surface area contributed by atoms with Crippen LogP contribution in [0.3, 0.4) is 0 Å². The molecule has 2 saturated carbocycles. The van der Waals surface area contributed by atoms with Crippen LogP contribution in [0.15, 0.2) is 17.1 Å². The summed E-state index contributed by atoms with van der Waals surface area (Å²) in [5.41, 5.74) is 3.32. The number of rotatable bonds is 3. The van der Waals surface area contributed by atoms with Gasteiger partial charge in [-0.05, 0) is 55.7 Å². The molecule has 0 saturated heterocycles. The number of aliphatic imine (C=N–C) groups is 1. The van der Waals surface area contributed by atoms with Crippen LogP contribution in [0.4, 0.5) is 0 Å². The molecule has 0 unspecified atom stereocenters. The quantitative estimate of drug-likeness (QED) is 0.489. The normalized spacial score (nSPS) is 19.5. The van der Waals surface area contributed by atoms with Crippen LogP contribution >= 0.6 is 17.0 Å². The molecule has 0 atom stereocenters. The van der Waals surface area contributed by atoms with Crippen molar-refractivity contribution in [3.05, 3.63) is 28.8 Å². The van der Waals surface area contributed by atoms with Crippen LogP contribution in [0.2, 0.25) is 0 Å². The number of hydrogen-bond donors (Lipinski definition) is 1. The van der Waals surface area contributed by atoms with Gasteiger partial charge in [0.2, 0.25) is 0 Å². The van der Waals surface area contributed by atoms with Crippen LogP contribution in [0.1, 0.15) is 86.8 Å². The Morgan fingerprint density at radius 3 is 2.16 bits per heavy atom. The summed E-state index contributed by atoms with van der Waals surface area (Å²) in [5.74, 6) is 1.02. The van der Waals surface area contributed by atoms with Gasteiger partial charge >= 0.3 is 37.9 Å². The molecule has 0 amide bonds. The van der Waals surface area contributed by atoms with Gasteiger partial charge in [0.25, 0.3) is 0 Å². The molecule has 5 heteroatoms. The number of aromatic hydroxyl groups is 1. The first-order valence-electron chi connectivity index (χ1n) is 9.48.